The van der Waals surface area contributed by atoms with Crippen molar-refractivity contribution in [3.05, 3.63) is 212 Å². The van der Waals surface area contributed by atoms with Crippen molar-refractivity contribution in [3.63, 3.8) is 0 Å². The van der Waals surface area contributed by atoms with Crippen LogP contribution >= 0.6 is 0 Å². The van der Waals surface area contributed by atoms with Gasteiger partial charge in [-0.3, -0.25) is 4.98 Å². The highest BCUT2D eigenvalue weighted by atomic mass is 15.0. The topological polar surface area (TPSA) is 90.2 Å². The molecule has 7 heteroatoms. The van der Waals surface area contributed by atoms with Crippen LogP contribution in [-0.4, -0.2) is 34.9 Å². The molecule has 0 saturated carbocycles. The number of hydrogen-bond donors (Lipinski definition) is 0. The Bertz CT molecular complexity index is 3040. The smallest absolute Gasteiger partial charge is 0.164 e. The fraction of sp³-hybridized carbons (Fsp3) is 0.0364. The summed E-state index contributed by atoms with van der Waals surface area (Å²) < 4.78 is 0. The summed E-state index contributed by atoms with van der Waals surface area (Å²) >= 11 is 0. The van der Waals surface area contributed by atoms with Crippen LogP contribution in [0.1, 0.15) is 11.4 Å². The Morgan fingerprint density at radius 2 is 0.532 bits per heavy atom. The molecule has 0 aliphatic rings. The van der Waals surface area contributed by atoms with E-state index in [-0.39, 0.29) is 0 Å². The first-order valence-corrected chi connectivity index (χ1v) is 20.6. The molecule has 10 rings (SSSR count). The van der Waals surface area contributed by atoms with E-state index in [9.17, 15) is 0 Å². The number of aryl methyl sites for hydroxylation is 2. The molecule has 7 aromatic carbocycles. The van der Waals surface area contributed by atoms with Gasteiger partial charge in [-0.2, -0.15) is 0 Å². The number of hydrogen-bond acceptors (Lipinski definition) is 7. The summed E-state index contributed by atoms with van der Waals surface area (Å²) in [4.78, 5) is 34.9. The van der Waals surface area contributed by atoms with Crippen molar-refractivity contribution in [1.29, 1.82) is 0 Å². The number of rotatable bonds is 9. The van der Waals surface area contributed by atoms with Gasteiger partial charge in [0.25, 0.3) is 0 Å². The van der Waals surface area contributed by atoms with Crippen molar-refractivity contribution in [3.8, 4) is 102 Å². The van der Waals surface area contributed by atoms with Crippen molar-refractivity contribution in [2.75, 3.05) is 0 Å². The third-order valence-electron chi connectivity index (χ3n) is 10.7. The Balaban J connectivity index is 1.15. The van der Waals surface area contributed by atoms with Crippen molar-refractivity contribution >= 4 is 0 Å². The molecule has 0 aliphatic carbocycles. The van der Waals surface area contributed by atoms with E-state index in [1.54, 1.807) is 0 Å². The third-order valence-corrected chi connectivity index (χ3v) is 10.7. The van der Waals surface area contributed by atoms with Crippen LogP contribution in [0.4, 0.5) is 0 Å². The van der Waals surface area contributed by atoms with E-state index in [4.69, 9.17) is 34.9 Å². The lowest BCUT2D eigenvalue weighted by molar-refractivity contribution is 1.07. The van der Waals surface area contributed by atoms with Gasteiger partial charge in [0, 0.05) is 44.8 Å². The molecule has 0 bridgehead atoms. The predicted molar refractivity (Wildman–Crippen MR) is 249 cm³/mol. The van der Waals surface area contributed by atoms with Gasteiger partial charge in [-0.1, -0.05) is 188 Å². The highest BCUT2D eigenvalue weighted by Crippen LogP contribution is 2.44. The van der Waals surface area contributed by atoms with Crippen LogP contribution in [0.5, 0.6) is 0 Å². The molecule has 3 heterocycles. The van der Waals surface area contributed by atoms with Crippen LogP contribution in [0, 0.1) is 13.8 Å². The third kappa shape index (κ3) is 7.78. The first kappa shape index (κ1) is 37.9. The Morgan fingerprint density at radius 3 is 0.952 bits per heavy atom. The lowest BCUT2D eigenvalue weighted by atomic mass is 9.85. The maximum absolute atomic E-state index is 5.17. The van der Waals surface area contributed by atoms with E-state index in [0.29, 0.717) is 34.9 Å². The monoisotopic (exact) mass is 797 g/mol. The molecule has 294 valence electrons. The van der Waals surface area contributed by atoms with Gasteiger partial charge in [-0.05, 0) is 59.4 Å². The molecule has 10 aromatic rings. The Labute approximate surface area is 360 Å². The van der Waals surface area contributed by atoms with Crippen LogP contribution in [0.3, 0.4) is 0 Å². The van der Waals surface area contributed by atoms with E-state index >= 15 is 0 Å². The molecule has 0 radical (unpaired) electrons. The summed E-state index contributed by atoms with van der Waals surface area (Å²) in [6, 6.07) is 68.0. The summed E-state index contributed by atoms with van der Waals surface area (Å²) in [6.45, 7) is 4.09. The molecular weight excluding hydrogens is 759 g/mol. The van der Waals surface area contributed by atoms with Gasteiger partial charge in [0.1, 0.15) is 0 Å². The molecule has 0 aliphatic heterocycles. The van der Waals surface area contributed by atoms with Gasteiger partial charge in [-0.15, -0.1) is 0 Å². The van der Waals surface area contributed by atoms with Crippen LogP contribution in [0.25, 0.3) is 102 Å². The van der Waals surface area contributed by atoms with Gasteiger partial charge >= 0.3 is 0 Å². The molecule has 0 N–H and O–H groups in total. The van der Waals surface area contributed by atoms with Crippen LogP contribution in [-0.2, 0) is 0 Å². The van der Waals surface area contributed by atoms with E-state index in [2.05, 4.69) is 72.8 Å². The zero-order valence-electron chi connectivity index (χ0n) is 34.2. The van der Waals surface area contributed by atoms with Crippen molar-refractivity contribution in [2.24, 2.45) is 0 Å². The summed E-state index contributed by atoms with van der Waals surface area (Å²) in [5, 5.41) is 0. The second-order valence-electron chi connectivity index (χ2n) is 15.1. The number of nitrogens with zero attached hydrogens (tertiary/aromatic N) is 7. The van der Waals surface area contributed by atoms with Crippen LogP contribution in [0.2, 0.25) is 0 Å². The predicted octanol–water partition coefficient (Wildman–Crippen LogP) is 13.1. The zero-order chi connectivity index (χ0) is 41.8. The minimum Gasteiger partial charge on any atom is -0.258 e. The molecule has 0 spiro atoms. The van der Waals surface area contributed by atoms with Crippen LogP contribution < -0.4 is 0 Å². The molecular formula is C55H39N7. The standard InChI is InChI=1S/C55H39N7/c1-36-34-44(35-37(2)56-36)46-29-17-28-45(38-30-32-43(33-31-38)54-58-50(39-18-7-3-8-19-39)57-51(59-54)40-20-9-4-10-21-40)49(46)47-26-15-16-27-48(47)55-61-52(41-22-11-5-12-23-41)60-53(62-55)42-24-13-6-14-25-42/h3-35H,1-2H3. The van der Waals surface area contributed by atoms with Gasteiger partial charge in [0.05, 0.1) is 0 Å². The second-order valence-corrected chi connectivity index (χ2v) is 15.1. The summed E-state index contributed by atoms with van der Waals surface area (Å²) in [5.41, 5.74) is 13.7. The quantitative estimate of drug-likeness (QED) is 0.144. The van der Waals surface area contributed by atoms with Crippen LogP contribution in [0.15, 0.2) is 200 Å². The van der Waals surface area contributed by atoms with Crippen molar-refractivity contribution in [1.82, 2.24) is 34.9 Å². The number of aromatic nitrogens is 7. The molecule has 0 unspecified atom stereocenters. The minimum absolute atomic E-state index is 0.588. The molecule has 7 nitrogen and oxygen atoms in total. The summed E-state index contributed by atoms with van der Waals surface area (Å²) in [6.07, 6.45) is 0. The fourth-order valence-corrected chi connectivity index (χ4v) is 7.88. The largest absolute Gasteiger partial charge is 0.258 e. The van der Waals surface area contributed by atoms with E-state index < -0.39 is 0 Å². The molecule has 0 fully saturated rings. The number of pyridine rings is 1. The highest BCUT2D eigenvalue weighted by Gasteiger charge is 2.21. The van der Waals surface area contributed by atoms with Gasteiger partial charge in [0.15, 0.2) is 34.9 Å². The van der Waals surface area contributed by atoms with Gasteiger partial charge in [-0.25, -0.2) is 29.9 Å². The van der Waals surface area contributed by atoms with E-state index in [0.717, 1.165) is 78.1 Å². The highest BCUT2D eigenvalue weighted by molar-refractivity contribution is 5.99. The summed E-state index contributed by atoms with van der Waals surface area (Å²) in [5.74, 6) is 3.65. The van der Waals surface area contributed by atoms with E-state index in [1.165, 1.54) is 0 Å². The average molecular weight is 798 g/mol. The first-order chi connectivity index (χ1) is 30.5. The molecule has 62 heavy (non-hydrogen) atoms. The molecule has 0 amide bonds. The second kappa shape index (κ2) is 16.8. The van der Waals surface area contributed by atoms with Gasteiger partial charge < -0.3 is 0 Å². The fourth-order valence-electron chi connectivity index (χ4n) is 7.88. The lowest BCUT2D eigenvalue weighted by Crippen LogP contribution is -2.02. The molecule has 3 aromatic heterocycles. The normalized spacial score (nSPS) is 11.1. The first-order valence-electron chi connectivity index (χ1n) is 20.6. The average Bonchev–Trinajstić information content (AvgIpc) is 3.34. The van der Waals surface area contributed by atoms with Gasteiger partial charge in [0.2, 0.25) is 0 Å². The molecule has 0 atom stereocenters. The van der Waals surface area contributed by atoms with E-state index in [1.807, 2.05) is 141 Å². The number of benzene rings is 7. The Morgan fingerprint density at radius 1 is 0.226 bits per heavy atom. The SMILES string of the molecule is Cc1cc(-c2cccc(-c3ccc(-c4nc(-c5ccccc5)nc(-c5ccccc5)n4)cc3)c2-c2ccccc2-c2nc(-c3ccccc3)nc(-c3ccccc3)n2)cc(C)n1. The maximum atomic E-state index is 5.17. The lowest BCUT2D eigenvalue weighted by Gasteiger charge is -2.19. The Hall–Kier alpha value is -8.29. The van der Waals surface area contributed by atoms with Crippen molar-refractivity contribution in [2.45, 2.75) is 13.8 Å². The zero-order valence-corrected chi connectivity index (χ0v) is 34.2. The Kier molecular flexibility index (Phi) is 10.3. The maximum Gasteiger partial charge on any atom is 0.164 e. The van der Waals surface area contributed by atoms with Crippen molar-refractivity contribution < 1.29 is 0 Å². The minimum atomic E-state index is 0.588. The summed E-state index contributed by atoms with van der Waals surface area (Å²) in [7, 11) is 0. The molecule has 0 saturated heterocycles.